The van der Waals surface area contributed by atoms with Crippen molar-refractivity contribution in [1.29, 1.82) is 0 Å². The number of hydrogen-bond acceptors (Lipinski definition) is 5. The van der Waals surface area contributed by atoms with Crippen molar-refractivity contribution in [3.8, 4) is 0 Å². The Kier molecular flexibility index (Phi) is 4.80. The number of anilines is 1. The molecule has 0 aromatic carbocycles. The Morgan fingerprint density at radius 1 is 1.20 bits per heavy atom. The van der Waals surface area contributed by atoms with Crippen molar-refractivity contribution in [3.05, 3.63) is 47.5 Å². The quantitative estimate of drug-likeness (QED) is 0.851. The van der Waals surface area contributed by atoms with E-state index in [4.69, 9.17) is 0 Å². The average Bonchev–Trinajstić information content (AvgIpc) is 2.98. The normalized spacial score (nSPS) is 18.5. The van der Waals surface area contributed by atoms with Gasteiger partial charge >= 0.3 is 6.18 Å². The van der Waals surface area contributed by atoms with E-state index in [0.29, 0.717) is 19.5 Å². The lowest BCUT2D eigenvalue weighted by molar-refractivity contribution is -0.141. The fourth-order valence-electron chi connectivity index (χ4n) is 2.68. The highest BCUT2D eigenvalue weighted by atomic mass is 19.4. The van der Waals surface area contributed by atoms with Crippen molar-refractivity contribution in [1.82, 2.24) is 19.9 Å². The van der Waals surface area contributed by atoms with Gasteiger partial charge in [0.05, 0.1) is 12.4 Å². The van der Waals surface area contributed by atoms with Crippen LogP contribution in [0.25, 0.3) is 0 Å². The highest BCUT2D eigenvalue weighted by molar-refractivity contribution is 5.28. The molecule has 0 bridgehead atoms. The molecular weight excluding hydrogens is 345 g/mol. The molecule has 1 aliphatic rings. The van der Waals surface area contributed by atoms with E-state index in [2.05, 4.69) is 20.3 Å². The first-order valence-electron chi connectivity index (χ1n) is 7.50. The number of halogens is 5. The fourth-order valence-corrected chi connectivity index (χ4v) is 2.68. The fraction of sp³-hybridized carbons (Fsp3) is 0.400. The van der Waals surface area contributed by atoms with Crippen LogP contribution in [-0.4, -0.2) is 39.0 Å². The molecule has 2 aromatic heterocycles. The number of pyridine rings is 1. The second kappa shape index (κ2) is 6.87. The lowest BCUT2D eigenvalue weighted by Gasteiger charge is -2.17. The largest absolute Gasteiger partial charge is 0.433 e. The first-order chi connectivity index (χ1) is 11.8. The van der Waals surface area contributed by atoms with Crippen molar-refractivity contribution in [2.75, 3.05) is 18.4 Å². The van der Waals surface area contributed by atoms with Crippen LogP contribution in [0.15, 0.2) is 24.7 Å². The summed E-state index contributed by atoms with van der Waals surface area (Å²) < 4.78 is 65.2. The van der Waals surface area contributed by atoms with Gasteiger partial charge in [-0.25, -0.2) is 18.7 Å². The number of aromatic nitrogens is 3. The van der Waals surface area contributed by atoms with Crippen LogP contribution in [0, 0.1) is 11.6 Å². The molecule has 0 aliphatic carbocycles. The van der Waals surface area contributed by atoms with E-state index in [1.807, 2.05) is 0 Å². The molecule has 1 aliphatic heterocycles. The van der Waals surface area contributed by atoms with Gasteiger partial charge in [0.2, 0.25) is 5.95 Å². The molecule has 0 radical (unpaired) electrons. The van der Waals surface area contributed by atoms with Crippen LogP contribution >= 0.6 is 0 Å². The minimum atomic E-state index is -4.54. The van der Waals surface area contributed by atoms with E-state index in [0.717, 1.165) is 24.7 Å². The smallest absolute Gasteiger partial charge is 0.350 e. The summed E-state index contributed by atoms with van der Waals surface area (Å²) in [6, 6.07) is 0.581. The molecule has 1 fully saturated rings. The minimum absolute atomic E-state index is 0.0574. The Bertz CT molecular complexity index is 731. The Labute approximate surface area is 139 Å². The Morgan fingerprint density at radius 3 is 2.60 bits per heavy atom. The second-order valence-corrected chi connectivity index (χ2v) is 5.71. The van der Waals surface area contributed by atoms with Gasteiger partial charge in [-0.05, 0) is 12.5 Å². The van der Waals surface area contributed by atoms with Crippen molar-refractivity contribution in [2.45, 2.75) is 25.2 Å². The zero-order valence-corrected chi connectivity index (χ0v) is 12.9. The van der Waals surface area contributed by atoms with Gasteiger partial charge in [0.15, 0.2) is 0 Å². The Balaban J connectivity index is 1.62. The number of nitrogens with one attached hydrogen (secondary N) is 1. The Hall–Kier alpha value is -2.36. The maximum Gasteiger partial charge on any atom is 0.433 e. The van der Waals surface area contributed by atoms with Crippen LogP contribution in [0.1, 0.15) is 17.7 Å². The van der Waals surface area contributed by atoms with Crippen molar-refractivity contribution in [2.24, 2.45) is 0 Å². The molecule has 1 atom stereocenters. The molecule has 1 unspecified atom stereocenters. The van der Waals surface area contributed by atoms with E-state index < -0.39 is 23.5 Å². The third kappa shape index (κ3) is 4.19. The predicted octanol–water partition coefficient (Wildman–Crippen LogP) is 2.86. The molecule has 3 rings (SSSR count). The molecule has 0 spiro atoms. The third-order valence-corrected chi connectivity index (χ3v) is 3.89. The van der Waals surface area contributed by atoms with Gasteiger partial charge in [-0.15, -0.1) is 0 Å². The van der Waals surface area contributed by atoms with Crippen molar-refractivity contribution in [3.63, 3.8) is 0 Å². The summed E-state index contributed by atoms with van der Waals surface area (Å²) in [6.45, 7) is 1.00. The molecule has 134 valence electrons. The maximum atomic E-state index is 13.6. The molecule has 2 aromatic rings. The first-order valence-corrected chi connectivity index (χ1v) is 7.50. The maximum absolute atomic E-state index is 13.6. The average molecular weight is 359 g/mol. The standard InChI is InChI=1S/C15H14F5N5/c16-11-5-21-6-12(17)10(11)8-25-4-2-9(7-25)23-14-22-3-1-13(24-14)15(18,19)20/h1,3,5-6,9H,2,4,7-8H2,(H,22,23,24). The molecule has 1 saturated heterocycles. The highest BCUT2D eigenvalue weighted by Crippen LogP contribution is 2.28. The molecule has 1 N–H and O–H groups in total. The van der Waals surface area contributed by atoms with Gasteiger partial charge in [0, 0.05) is 37.4 Å². The molecule has 10 heteroatoms. The van der Waals surface area contributed by atoms with Crippen LogP contribution < -0.4 is 5.32 Å². The predicted molar refractivity (Wildman–Crippen MR) is 78.5 cm³/mol. The zero-order valence-electron chi connectivity index (χ0n) is 12.9. The summed E-state index contributed by atoms with van der Waals surface area (Å²) in [5.41, 5.74) is -1.10. The van der Waals surface area contributed by atoms with Gasteiger partial charge in [-0.2, -0.15) is 13.2 Å². The SMILES string of the molecule is Fc1cncc(F)c1CN1CCC(Nc2nccc(C(F)(F)F)n2)C1. The summed E-state index contributed by atoms with van der Waals surface area (Å²) in [6.07, 6.45) is -1.03. The molecule has 5 nitrogen and oxygen atoms in total. The summed E-state index contributed by atoms with van der Waals surface area (Å²) in [4.78, 5) is 12.5. The molecular formula is C15H14F5N5. The second-order valence-electron chi connectivity index (χ2n) is 5.71. The van der Waals surface area contributed by atoms with Crippen molar-refractivity contribution >= 4 is 5.95 Å². The molecule has 25 heavy (non-hydrogen) atoms. The van der Waals surface area contributed by atoms with E-state index >= 15 is 0 Å². The van der Waals surface area contributed by atoms with Crippen LogP contribution in [0.4, 0.5) is 27.9 Å². The monoisotopic (exact) mass is 359 g/mol. The van der Waals surface area contributed by atoms with Gasteiger partial charge in [-0.3, -0.25) is 9.88 Å². The number of likely N-dealkylation sites (tertiary alicyclic amines) is 1. The lowest BCUT2D eigenvalue weighted by Crippen LogP contribution is -2.27. The van der Waals surface area contributed by atoms with Crippen LogP contribution in [0.5, 0.6) is 0 Å². The first kappa shape index (κ1) is 17.5. The lowest BCUT2D eigenvalue weighted by atomic mass is 10.2. The topological polar surface area (TPSA) is 53.9 Å². The Morgan fingerprint density at radius 2 is 1.92 bits per heavy atom. The molecule has 0 amide bonds. The van der Waals surface area contributed by atoms with Crippen molar-refractivity contribution < 1.29 is 22.0 Å². The zero-order chi connectivity index (χ0) is 18.0. The molecule has 3 heterocycles. The van der Waals surface area contributed by atoms with Crippen LogP contribution in [0.2, 0.25) is 0 Å². The van der Waals surface area contributed by atoms with E-state index in [9.17, 15) is 22.0 Å². The summed E-state index contributed by atoms with van der Waals surface area (Å²) in [5, 5.41) is 2.83. The van der Waals surface area contributed by atoms with E-state index in [1.165, 1.54) is 0 Å². The summed E-state index contributed by atoms with van der Waals surface area (Å²) >= 11 is 0. The summed E-state index contributed by atoms with van der Waals surface area (Å²) in [7, 11) is 0. The van der Waals surface area contributed by atoms with Crippen LogP contribution in [0.3, 0.4) is 0 Å². The van der Waals surface area contributed by atoms with Gasteiger partial charge < -0.3 is 5.32 Å². The summed E-state index contributed by atoms with van der Waals surface area (Å²) in [5.74, 6) is -1.57. The third-order valence-electron chi connectivity index (χ3n) is 3.89. The minimum Gasteiger partial charge on any atom is -0.350 e. The number of nitrogens with zero attached hydrogens (tertiary/aromatic N) is 4. The van der Waals surface area contributed by atoms with E-state index in [-0.39, 0.29) is 24.1 Å². The highest BCUT2D eigenvalue weighted by Gasteiger charge is 2.33. The van der Waals surface area contributed by atoms with Gasteiger partial charge in [0.25, 0.3) is 0 Å². The molecule has 0 saturated carbocycles. The van der Waals surface area contributed by atoms with Gasteiger partial charge in [0.1, 0.15) is 17.3 Å². The number of rotatable bonds is 4. The number of hydrogen-bond donors (Lipinski definition) is 1. The van der Waals surface area contributed by atoms with E-state index in [1.54, 1.807) is 4.90 Å². The van der Waals surface area contributed by atoms with Crippen LogP contribution in [-0.2, 0) is 12.7 Å². The van der Waals surface area contributed by atoms with Gasteiger partial charge in [-0.1, -0.05) is 0 Å². The number of alkyl halides is 3.